The molecular weight excluding hydrogens is 192 g/mol. The number of nitrogens with two attached hydrogens (primary N) is 1. The molecule has 0 aromatic rings. The number of hydrogen-bond acceptors (Lipinski definition) is 3. The molecule has 0 aromatic heterocycles. The van der Waals surface area contributed by atoms with E-state index in [0.29, 0.717) is 0 Å². The van der Waals surface area contributed by atoms with Gasteiger partial charge in [0.1, 0.15) is 5.60 Å². The number of ether oxygens (including phenoxy) is 1. The van der Waals surface area contributed by atoms with E-state index in [1.807, 2.05) is 0 Å². The molecule has 1 aliphatic rings. The zero-order valence-electron chi connectivity index (χ0n) is 9.88. The van der Waals surface area contributed by atoms with Crippen molar-refractivity contribution in [3.63, 3.8) is 0 Å². The molecule has 0 spiro atoms. The van der Waals surface area contributed by atoms with E-state index in [1.54, 1.807) is 21.0 Å². The first kappa shape index (κ1) is 12.5. The first-order chi connectivity index (χ1) is 6.97. The summed E-state index contributed by atoms with van der Waals surface area (Å²) in [5.74, 6) is -0.0765. The lowest BCUT2D eigenvalue weighted by atomic mass is 9.90. The standard InChI is InChI=1S/C11H22N2O2/c1-11(2,15-3)10(14)13-9-7-5-4-6-8(9)12/h8-9H,4-7,12H2,1-3H3,(H,13,14)/t8-,9-/m1/s1. The Morgan fingerprint density at radius 3 is 2.53 bits per heavy atom. The summed E-state index contributed by atoms with van der Waals surface area (Å²) >= 11 is 0. The Labute approximate surface area is 91.5 Å². The van der Waals surface area contributed by atoms with Gasteiger partial charge in [-0.1, -0.05) is 12.8 Å². The van der Waals surface area contributed by atoms with Crippen molar-refractivity contribution in [2.24, 2.45) is 5.73 Å². The molecule has 4 heteroatoms. The van der Waals surface area contributed by atoms with Crippen molar-refractivity contribution in [3.8, 4) is 0 Å². The van der Waals surface area contributed by atoms with Crippen LogP contribution < -0.4 is 11.1 Å². The highest BCUT2D eigenvalue weighted by atomic mass is 16.5. The molecule has 1 saturated carbocycles. The molecule has 0 bridgehead atoms. The average Bonchev–Trinajstić information content (AvgIpc) is 2.21. The van der Waals surface area contributed by atoms with Crippen LogP contribution in [0.1, 0.15) is 39.5 Å². The first-order valence-electron chi connectivity index (χ1n) is 5.59. The molecular formula is C11H22N2O2. The molecule has 3 N–H and O–H groups in total. The van der Waals surface area contributed by atoms with Gasteiger partial charge in [0.2, 0.25) is 0 Å². The van der Waals surface area contributed by atoms with Crippen LogP contribution in [-0.2, 0) is 9.53 Å². The Bertz CT molecular complexity index is 229. The van der Waals surface area contributed by atoms with Gasteiger partial charge in [0.05, 0.1) is 0 Å². The zero-order chi connectivity index (χ0) is 11.5. The normalized spacial score (nSPS) is 27.5. The zero-order valence-corrected chi connectivity index (χ0v) is 9.88. The Morgan fingerprint density at radius 2 is 2.00 bits per heavy atom. The molecule has 88 valence electrons. The number of carbonyl (C=O) groups is 1. The molecule has 0 unspecified atom stereocenters. The maximum atomic E-state index is 11.8. The van der Waals surface area contributed by atoms with Gasteiger partial charge in [-0.2, -0.15) is 0 Å². The topological polar surface area (TPSA) is 64.3 Å². The molecule has 0 heterocycles. The molecule has 0 aromatic carbocycles. The van der Waals surface area contributed by atoms with E-state index in [0.717, 1.165) is 19.3 Å². The van der Waals surface area contributed by atoms with Crippen molar-refractivity contribution in [3.05, 3.63) is 0 Å². The fraction of sp³-hybridized carbons (Fsp3) is 0.909. The van der Waals surface area contributed by atoms with Gasteiger partial charge in [-0.15, -0.1) is 0 Å². The van der Waals surface area contributed by atoms with Gasteiger partial charge in [-0.05, 0) is 26.7 Å². The van der Waals surface area contributed by atoms with Crippen molar-refractivity contribution in [2.45, 2.75) is 57.2 Å². The smallest absolute Gasteiger partial charge is 0.251 e. The maximum absolute atomic E-state index is 11.8. The van der Waals surface area contributed by atoms with Crippen LogP contribution in [0.4, 0.5) is 0 Å². The molecule has 4 nitrogen and oxygen atoms in total. The van der Waals surface area contributed by atoms with Gasteiger partial charge in [0.25, 0.3) is 5.91 Å². The molecule has 2 atom stereocenters. The molecule has 0 radical (unpaired) electrons. The van der Waals surface area contributed by atoms with Gasteiger partial charge in [0, 0.05) is 19.2 Å². The summed E-state index contributed by atoms with van der Waals surface area (Å²) < 4.78 is 5.12. The Morgan fingerprint density at radius 1 is 1.40 bits per heavy atom. The Balaban J connectivity index is 2.50. The van der Waals surface area contributed by atoms with Crippen LogP contribution in [-0.4, -0.2) is 30.7 Å². The summed E-state index contributed by atoms with van der Waals surface area (Å²) in [6.07, 6.45) is 4.29. The third kappa shape index (κ3) is 3.18. The van der Waals surface area contributed by atoms with Gasteiger partial charge < -0.3 is 15.8 Å². The predicted molar refractivity (Wildman–Crippen MR) is 59.5 cm³/mol. The average molecular weight is 214 g/mol. The predicted octanol–water partition coefficient (Wildman–Crippen LogP) is 0.797. The lowest BCUT2D eigenvalue weighted by Gasteiger charge is -2.32. The van der Waals surface area contributed by atoms with Crippen LogP contribution in [0.3, 0.4) is 0 Å². The summed E-state index contributed by atoms with van der Waals surface area (Å²) in [5.41, 5.74) is 5.19. The van der Waals surface area contributed by atoms with Crippen LogP contribution >= 0.6 is 0 Å². The molecule has 0 saturated heterocycles. The summed E-state index contributed by atoms with van der Waals surface area (Å²) in [6, 6.07) is 0.205. The summed E-state index contributed by atoms with van der Waals surface area (Å²) in [5, 5.41) is 2.97. The van der Waals surface area contributed by atoms with E-state index in [-0.39, 0.29) is 18.0 Å². The van der Waals surface area contributed by atoms with Crippen molar-refractivity contribution in [2.75, 3.05) is 7.11 Å². The van der Waals surface area contributed by atoms with Crippen LogP contribution in [0.2, 0.25) is 0 Å². The molecule has 1 aliphatic carbocycles. The molecule has 0 aliphatic heterocycles. The van der Waals surface area contributed by atoms with E-state index >= 15 is 0 Å². The van der Waals surface area contributed by atoms with Gasteiger partial charge in [-0.3, -0.25) is 4.79 Å². The number of amides is 1. The van der Waals surface area contributed by atoms with E-state index in [1.165, 1.54) is 6.42 Å². The Hall–Kier alpha value is -0.610. The van der Waals surface area contributed by atoms with Crippen molar-refractivity contribution < 1.29 is 9.53 Å². The van der Waals surface area contributed by atoms with Crippen molar-refractivity contribution in [1.29, 1.82) is 0 Å². The molecule has 1 fully saturated rings. The quantitative estimate of drug-likeness (QED) is 0.730. The van der Waals surface area contributed by atoms with Gasteiger partial charge >= 0.3 is 0 Å². The SMILES string of the molecule is COC(C)(C)C(=O)N[C@@H]1CCCC[C@H]1N. The third-order valence-electron chi connectivity index (χ3n) is 3.19. The minimum absolute atomic E-state index is 0.0765. The highest BCUT2D eigenvalue weighted by Gasteiger charge is 2.31. The fourth-order valence-corrected chi connectivity index (χ4v) is 1.77. The number of rotatable bonds is 3. The second-order valence-electron chi connectivity index (χ2n) is 4.74. The van der Waals surface area contributed by atoms with Gasteiger partial charge in [0.15, 0.2) is 0 Å². The number of methoxy groups -OCH3 is 1. The van der Waals surface area contributed by atoms with Crippen LogP contribution in [0.5, 0.6) is 0 Å². The summed E-state index contributed by atoms with van der Waals surface area (Å²) in [6.45, 7) is 3.52. The fourth-order valence-electron chi connectivity index (χ4n) is 1.77. The highest BCUT2D eigenvalue weighted by Crippen LogP contribution is 2.18. The number of hydrogen-bond donors (Lipinski definition) is 2. The second-order valence-corrected chi connectivity index (χ2v) is 4.74. The molecule has 1 rings (SSSR count). The van der Waals surface area contributed by atoms with Crippen LogP contribution in [0.25, 0.3) is 0 Å². The monoisotopic (exact) mass is 214 g/mol. The minimum atomic E-state index is -0.767. The first-order valence-corrected chi connectivity index (χ1v) is 5.59. The third-order valence-corrected chi connectivity index (χ3v) is 3.19. The largest absolute Gasteiger partial charge is 0.369 e. The van der Waals surface area contributed by atoms with Crippen molar-refractivity contribution >= 4 is 5.91 Å². The van der Waals surface area contributed by atoms with E-state index < -0.39 is 5.60 Å². The lowest BCUT2D eigenvalue weighted by molar-refractivity contribution is -0.140. The summed E-state index contributed by atoms with van der Waals surface area (Å²) in [7, 11) is 1.54. The highest BCUT2D eigenvalue weighted by molar-refractivity contribution is 5.84. The Kier molecular flexibility index (Phi) is 4.11. The van der Waals surface area contributed by atoms with Gasteiger partial charge in [-0.25, -0.2) is 0 Å². The van der Waals surface area contributed by atoms with Crippen LogP contribution in [0.15, 0.2) is 0 Å². The maximum Gasteiger partial charge on any atom is 0.251 e. The minimum Gasteiger partial charge on any atom is -0.369 e. The van der Waals surface area contributed by atoms with E-state index in [2.05, 4.69) is 5.32 Å². The number of nitrogens with one attached hydrogen (secondary N) is 1. The van der Waals surface area contributed by atoms with E-state index in [9.17, 15) is 4.79 Å². The number of carbonyl (C=O) groups excluding carboxylic acids is 1. The summed E-state index contributed by atoms with van der Waals surface area (Å²) in [4.78, 5) is 11.8. The van der Waals surface area contributed by atoms with Crippen LogP contribution in [0, 0.1) is 0 Å². The molecule has 1 amide bonds. The van der Waals surface area contributed by atoms with E-state index in [4.69, 9.17) is 10.5 Å². The lowest BCUT2D eigenvalue weighted by Crippen LogP contribution is -2.54. The molecule has 15 heavy (non-hydrogen) atoms. The van der Waals surface area contributed by atoms with Crippen molar-refractivity contribution in [1.82, 2.24) is 5.32 Å². The second kappa shape index (κ2) is 4.94.